The SMILES string of the molecule is NCCCC[C@H](NC(=O)[C@H](CO)NC(=O)[C@H](CCC(=O)O)NC(=O)[C@H](CCCCN)NC(=O)[C@@H](N)CO)C(=O)N[C@@H](CCC(=O)O)C(=O)O. The molecule has 49 heavy (non-hydrogen) atoms. The summed E-state index contributed by atoms with van der Waals surface area (Å²) < 4.78 is 0. The number of hydrogen-bond acceptors (Lipinski definition) is 13. The lowest BCUT2D eigenvalue weighted by atomic mass is 10.0. The minimum absolute atomic E-state index is 0.0362. The van der Waals surface area contributed by atoms with Crippen molar-refractivity contribution < 1.29 is 63.9 Å². The molecule has 0 saturated heterocycles. The number of aliphatic hydroxyl groups is 2. The Morgan fingerprint density at radius 3 is 1.18 bits per heavy atom. The molecule has 21 heteroatoms. The summed E-state index contributed by atoms with van der Waals surface area (Å²) in [5.41, 5.74) is 16.5. The summed E-state index contributed by atoms with van der Waals surface area (Å²) in [6.07, 6.45) is -0.635. The van der Waals surface area contributed by atoms with Crippen molar-refractivity contribution in [1.82, 2.24) is 26.6 Å². The molecule has 0 aliphatic heterocycles. The molecule has 6 atom stereocenters. The number of carboxylic acids is 3. The lowest BCUT2D eigenvalue weighted by molar-refractivity contribution is -0.143. The molecule has 5 amide bonds. The van der Waals surface area contributed by atoms with Gasteiger partial charge in [-0.2, -0.15) is 0 Å². The van der Waals surface area contributed by atoms with Crippen LogP contribution in [0.15, 0.2) is 0 Å². The third kappa shape index (κ3) is 18.6. The average Bonchev–Trinajstić information content (AvgIpc) is 3.05. The van der Waals surface area contributed by atoms with Crippen LogP contribution in [0.4, 0.5) is 0 Å². The molecule has 0 fully saturated rings. The Balaban J connectivity index is 5.96. The number of carboxylic acid groups (broad SMARTS) is 3. The predicted molar refractivity (Wildman–Crippen MR) is 169 cm³/mol. The van der Waals surface area contributed by atoms with Gasteiger partial charge in [-0.1, -0.05) is 0 Å². The zero-order valence-corrected chi connectivity index (χ0v) is 27.1. The second-order valence-corrected chi connectivity index (χ2v) is 11.0. The minimum atomic E-state index is -1.74. The van der Waals surface area contributed by atoms with E-state index in [1.54, 1.807) is 0 Å². The van der Waals surface area contributed by atoms with Gasteiger partial charge in [0.25, 0.3) is 0 Å². The van der Waals surface area contributed by atoms with Gasteiger partial charge in [0.15, 0.2) is 0 Å². The molecule has 0 unspecified atom stereocenters. The molecular formula is C28H50N8O13. The van der Waals surface area contributed by atoms with Gasteiger partial charge in [0.1, 0.15) is 36.3 Å². The van der Waals surface area contributed by atoms with Crippen molar-refractivity contribution in [2.24, 2.45) is 17.2 Å². The summed E-state index contributed by atoms with van der Waals surface area (Å²) in [5, 5.41) is 57.9. The van der Waals surface area contributed by atoms with Crippen LogP contribution in [0.3, 0.4) is 0 Å². The van der Waals surface area contributed by atoms with Gasteiger partial charge in [-0.15, -0.1) is 0 Å². The largest absolute Gasteiger partial charge is 0.481 e. The second kappa shape index (κ2) is 24.7. The van der Waals surface area contributed by atoms with Gasteiger partial charge in [0, 0.05) is 12.8 Å². The quantitative estimate of drug-likeness (QED) is 0.0355. The van der Waals surface area contributed by atoms with E-state index in [1.165, 1.54) is 0 Å². The number of aliphatic carboxylic acids is 3. The number of amides is 5. The molecule has 21 nitrogen and oxygen atoms in total. The molecule has 0 spiro atoms. The zero-order valence-electron chi connectivity index (χ0n) is 27.1. The Labute approximate surface area is 282 Å². The second-order valence-electron chi connectivity index (χ2n) is 11.0. The molecule has 0 aliphatic rings. The maximum Gasteiger partial charge on any atom is 0.326 e. The highest BCUT2D eigenvalue weighted by Gasteiger charge is 2.33. The molecule has 0 aliphatic carbocycles. The lowest BCUT2D eigenvalue weighted by Gasteiger charge is -2.26. The predicted octanol–water partition coefficient (Wildman–Crippen LogP) is -5.21. The van der Waals surface area contributed by atoms with Crippen LogP contribution in [0.25, 0.3) is 0 Å². The van der Waals surface area contributed by atoms with E-state index in [1.807, 2.05) is 0 Å². The smallest absolute Gasteiger partial charge is 0.326 e. The van der Waals surface area contributed by atoms with Crippen molar-refractivity contribution >= 4 is 47.4 Å². The Morgan fingerprint density at radius 2 is 0.816 bits per heavy atom. The molecule has 0 bridgehead atoms. The molecule has 0 heterocycles. The van der Waals surface area contributed by atoms with E-state index in [0.717, 1.165) is 0 Å². The van der Waals surface area contributed by atoms with E-state index in [-0.39, 0.29) is 32.4 Å². The fraction of sp³-hybridized carbons (Fsp3) is 0.714. The van der Waals surface area contributed by atoms with Crippen LogP contribution in [0.5, 0.6) is 0 Å². The van der Waals surface area contributed by atoms with Gasteiger partial charge in [-0.25, -0.2) is 4.79 Å². The lowest BCUT2D eigenvalue weighted by Crippen LogP contribution is -2.60. The van der Waals surface area contributed by atoms with E-state index >= 15 is 0 Å². The molecule has 0 aromatic rings. The van der Waals surface area contributed by atoms with Crippen LogP contribution in [0.1, 0.15) is 64.2 Å². The van der Waals surface area contributed by atoms with Gasteiger partial charge >= 0.3 is 17.9 Å². The van der Waals surface area contributed by atoms with Crippen LogP contribution in [-0.4, -0.2) is 136 Å². The third-order valence-corrected chi connectivity index (χ3v) is 7.05. The normalized spacial score (nSPS) is 14.6. The monoisotopic (exact) mass is 706 g/mol. The average molecular weight is 707 g/mol. The highest BCUT2D eigenvalue weighted by Crippen LogP contribution is 2.07. The first-order valence-electron chi connectivity index (χ1n) is 15.7. The van der Waals surface area contributed by atoms with Crippen LogP contribution in [-0.2, 0) is 38.4 Å². The topological polar surface area (TPSA) is 376 Å². The Morgan fingerprint density at radius 1 is 0.469 bits per heavy atom. The third-order valence-electron chi connectivity index (χ3n) is 7.05. The maximum absolute atomic E-state index is 13.2. The zero-order chi connectivity index (χ0) is 37.5. The highest BCUT2D eigenvalue weighted by molar-refractivity contribution is 5.96. The van der Waals surface area contributed by atoms with Crippen LogP contribution < -0.4 is 43.8 Å². The number of rotatable bonds is 27. The first kappa shape index (κ1) is 44.6. The molecule has 0 rings (SSSR count). The number of hydrogen-bond donors (Lipinski definition) is 13. The van der Waals surface area contributed by atoms with Crippen molar-refractivity contribution in [3.63, 3.8) is 0 Å². The molecule has 0 aromatic heterocycles. The summed E-state index contributed by atoms with van der Waals surface area (Å²) in [5.74, 6) is -9.14. The number of carbonyl (C=O) groups is 8. The van der Waals surface area contributed by atoms with Gasteiger partial charge in [0.05, 0.1) is 13.2 Å². The van der Waals surface area contributed by atoms with Gasteiger partial charge < -0.3 is 69.3 Å². The van der Waals surface area contributed by atoms with Crippen molar-refractivity contribution in [3.05, 3.63) is 0 Å². The van der Waals surface area contributed by atoms with Crippen molar-refractivity contribution in [1.29, 1.82) is 0 Å². The van der Waals surface area contributed by atoms with Crippen molar-refractivity contribution in [3.8, 4) is 0 Å². The fourth-order valence-corrected chi connectivity index (χ4v) is 4.23. The Kier molecular flexibility index (Phi) is 22.4. The molecule has 16 N–H and O–H groups in total. The Hall–Kier alpha value is -4.44. The molecule has 280 valence electrons. The molecule has 0 radical (unpaired) electrons. The van der Waals surface area contributed by atoms with Crippen molar-refractivity contribution in [2.75, 3.05) is 26.3 Å². The summed E-state index contributed by atoms with van der Waals surface area (Å²) >= 11 is 0. The number of nitrogens with one attached hydrogen (secondary N) is 5. The van der Waals surface area contributed by atoms with E-state index < -0.39 is 123 Å². The first-order valence-corrected chi connectivity index (χ1v) is 15.7. The van der Waals surface area contributed by atoms with Crippen LogP contribution in [0.2, 0.25) is 0 Å². The van der Waals surface area contributed by atoms with E-state index in [4.69, 9.17) is 27.4 Å². The van der Waals surface area contributed by atoms with Gasteiger partial charge in [-0.05, 0) is 64.5 Å². The van der Waals surface area contributed by atoms with E-state index in [9.17, 15) is 53.7 Å². The summed E-state index contributed by atoms with van der Waals surface area (Å²) in [4.78, 5) is 98.5. The van der Waals surface area contributed by atoms with E-state index in [2.05, 4.69) is 26.6 Å². The van der Waals surface area contributed by atoms with Gasteiger partial charge in [-0.3, -0.25) is 33.6 Å². The summed E-state index contributed by atoms with van der Waals surface area (Å²) in [7, 11) is 0. The van der Waals surface area contributed by atoms with Crippen LogP contribution >= 0.6 is 0 Å². The fourth-order valence-electron chi connectivity index (χ4n) is 4.23. The Bertz CT molecular complexity index is 1130. The number of carbonyl (C=O) groups excluding carboxylic acids is 5. The molecular weight excluding hydrogens is 656 g/mol. The highest BCUT2D eigenvalue weighted by atomic mass is 16.4. The van der Waals surface area contributed by atoms with Crippen LogP contribution in [0, 0.1) is 0 Å². The summed E-state index contributed by atoms with van der Waals surface area (Å²) in [6, 6.07) is -8.98. The number of nitrogens with two attached hydrogens (primary N) is 3. The van der Waals surface area contributed by atoms with E-state index in [0.29, 0.717) is 19.3 Å². The minimum Gasteiger partial charge on any atom is -0.481 e. The summed E-state index contributed by atoms with van der Waals surface area (Å²) in [6.45, 7) is -1.25. The van der Waals surface area contributed by atoms with Crippen molar-refractivity contribution in [2.45, 2.75) is 100 Å². The number of aliphatic hydroxyl groups excluding tert-OH is 2. The molecule has 0 saturated carbocycles. The molecule has 0 aromatic carbocycles. The van der Waals surface area contributed by atoms with Gasteiger partial charge in [0.2, 0.25) is 29.5 Å². The first-order chi connectivity index (χ1) is 23.1. The number of unbranched alkanes of at least 4 members (excludes halogenated alkanes) is 2. The standard InChI is InChI=1S/C28H50N8O13/c29-11-3-1-5-16(32-23(43)15(31)13-37)24(44)34-18(7-9-21(39)40)26(46)36-20(14-38)27(47)33-17(6-2-4-12-30)25(45)35-19(28(48)49)8-10-22(41)42/h15-20,37-38H,1-14,29-31H2,(H,32,43)(H,33,47)(H,34,44)(H,35,45)(H,36,46)(H,39,40)(H,41,42)(H,48,49)/t15-,16-,17-,18-,19-,20-/m0/s1. The maximum atomic E-state index is 13.2.